The molecule has 0 radical (unpaired) electrons. The van der Waals surface area contributed by atoms with Crippen LogP contribution < -0.4 is 10.6 Å². The zero-order valence-electron chi connectivity index (χ0n) is 12.8. The molecule has 1 amide bonds. The van der Waals surface area contributed by atoms with Crippen LogP contribution in [0.4, 0.5) is 17.2 Å². The molecule has 6 nitrogen and oxygen atoms in total. The van der Waals surface area contributed by atoms with E-state index in [0.29, 0.717) is 17.3 Å². The number of anilines is 3. The summed E-state index contributed by atoms with van der Waals surface area (Å²) in [6, 6.07) is 13.1. The maximum absolute atomic E-state index is 12.1. The first-order valence-electron chi connectivity index (χ1n) is 7.15. The fourth-order valence-electron chi connectivity index (χ4n) is 2.08. The molecule has 0 saturated heterocycles. The number of carbonyl (C=O) groups excluding carboxylic acids is 1. The van der Waals surface area contributed by atoms with Gasteiger partial charge in [-0.05, 0) is 37.6 Å². The van der Waals surface area contributed by atoms with Gasteiger partial charge in [0.1, 0.15) is 11.5 Å². The van der Waals surface area contributed by atoms with Gasteiger partial charge in [0.05, 0.1) is 11.9 Å². The van der Waals surface area contributed by atoms with E-state index in [-0.39, 0.29) is 5.91 Å². The van der Waals surface area contributed by atoms with Gasteiger partial charge in [0.15, 0.2) is 5.82 Å². The summed E-state index contributed by atoms with van der Waals surface area (Å²) in [5.41, 5.74) is 3.26. The molecule has 2 N–H and O–H groups in total. The Hall–Kier alpha value is -3.15. The monoisotopic (exact) mass is 308 g/mol. The fraction of sp³-hybridized carbons (Fsp3) is 0.118. The van der Waals surface area contributed by atoms with Crippen LogP contribution in [0.3, 0.4) is 0 Å². The van der Waals surface area contributed by atoms with E-state index in [9.17, 15) is 4.79 Å². The molecule has 116 valence electrons. The number of carbonyl (C=O) groups is 1. The summed E-state index contributed by atoms with van der Waals surface area (Å²) in [6.07, 6.45) is 1.62. The van der Waals surface area contributed by atoms with Gasteiger partial charge in [0, 0.05) is 11.8 Å². The lowest BCUT2D eigenvalue weighted by atomic mass is 10.2. The van der Waals surface area contributed by atoms with Crippen molar-refractivity contribution in [2.24, 2.45) is 0 Å². The van der Waals surface area contributed by atoms with Gasteiger partial charge in [0.25, 0.3) is 5.91 Å². The normalized spacial score (nSPS) is 10.3. The number of para-hydroxylation sites is 1. The molecule has 0 spiro atoms. The average Bonchev–Trinajstić information content (AvgIpc) is 2.95. The molecular weight excluding hydrogens is 292 g/mol. The minimum absolute atomic E-state index is 0.306. The van der Waals surface area contributed by atoms with E-state index in [1.165, 1.54) is 0 Å². The number of nitrogens with one attached hydrogen (secondary N) is 2. The molecule has 0 saturated carbocycles. The Labute approximate surface area is 133 Å². The van der Waals surface area contributed by atoms with E-state index in [1.54, 1.807) is 25.3 Å². The largest absolute Gasteiger partial charge is 0.360 e. The van der Waals surface area contributed by atoms with E-state index in [4.69, 9.17) is 4.52 Å². The van der Waals surface area contributed by atoms with Gasteiger partial charge in [-0.25, -0.2) is 4.98 Å². The van der Waals surface area contributed by atoms with Crippen LogP contribution in [-0.2, 0) is 0 Å². The Morgan fingerprint density at radius 2 is 1.96 bits per heavy atom. The predicted molar refractivity (Wildman–Crippen MR) is 87.9 cm³/mol. The zero-order chi connectivity index (χ0) is 16.2. The molecule has 0 aliphatic heterocycles. The standard InChI is InChI=1S/C17H16N4O2/c1-11-5-3-4-6-14(11)19-13-7-8-15(18-10-13)17(22)20-16-9-12(2)23-21-16/h3-10,19H,1-2H3,(H,20,21,22). The van der Waals surface area contributed by atoms with Crippen LogP contribution in [0.5, 0.6) is 0 Å². The molecule has 23 heavy (non-hydrogen) atoms. The van der Waals surface area contributed by atoms with Crippen molar-refractivity contribution < 1.29 is 9.32 Å². The summed E-state index contributed by atoms with van der Waals surface area (Å²) >= 11 is 0. The molecule has 3 rings (SSSR count). The van der Waals surface area contributed by atoms with E-state index >= 15 is 0 Å². The van der Waals surface area contributed by atoms with Crippen molar-refractivity contribution in [2.45, 2.75) is 13.8 Å². The Balaban J connectivity index is 1.69. The van der Waals surface area contributed by atoms with E-state index < -0.39 is 0 Å². The number of nitrogens with zero attached hydrogens (tertiary/aromatic N) is 2. The maximum atomic E-state index is 12.1. The highest BCUT2D eigenvalue weighted by Crippen LogP contribution is 2.19. The molecule has 3 aromatic rings. The van der Waals surface area contributed by atoms with Crippen molar-refractivity contribution in [3.05, 3.63) is 65.7 Å². The van der Waals surface area contributed by atoms with Gasteiger partial charge in [-0.3, -0.25) is 4.79 Å². The van der Waals surface area contributed by atoms with Crippen molar-refractivity contribution in [3.63, 3.8) is 0 Å². The van der Waals surface area contributed by atoms with Crippen molar-refractivity contribution in [1.29, 1.82) is 0 Å². The average molecular weight is 308 g/mol. The predicted octanol–water partition coefficient (Wildman–Crippen LogP) is 3.68. The minimum atomic E-state index is -0.333. The molecule has 0 bridgehead atoms. The Morgan fingerprint density at radius 3 is 2.61 bits per heavy atom. The molecule has 0 aliphatic carbocycles. The Kier molecular flexibility index (Phi) is 4.05. The quantitative estimate of drug-likeness (QED) is 0.768. The Morgan fingerprint density at radius 1 is 1.13 bits per heavy atom. The van der Waals surface area contributed by atoms with Gasteiger partial charge >= 0.3 is 0 Å². The van der Waals surface area contributed by atoms with Crippen LogP contribution in [0, 0.1) is 13.8 Å². The third-order valence-corrected chi connectivity index (χ3v) is 3.29. The lowest BCUT2D eigenvalue weighted by Crippen LogP contribution is -2.13. The number of aromatic nitrogens is 2. The lowest BCUT2D eigenvalue weighted by molar-refractivity contribution is 0.102. The van der Waals surface area contributed by atoms with Crippen LogP contribution in [0.25, 0.3) is 0 Å². The summed E-state index contributed by atoms with van der Waals surface area (Å²) < 4.78 is 4.90. The zero-order valence-corrected chi connectivity index (χ0v) is 12.8. The number of rotatable bonds is 4. The second kappa shape index (κ2) is 6.31. The SMILES string of the molecule is Cc1cc(NC(=O)c2ccc(Nc3ccccc3C)cn2)no1. The number of hydrogen-bond donors (Lipinski definition) is 2. The summed E-state index contributed by atoms with van der Waals surface area (Å²) in [7, 11) is 0. The number of aryl methyl sites for hydroxylation is 2. The first-order chi connectivity index (χ1) is 11.1. The van der Waals surface area contributed by atoms with Crippen molar-refractivity contribution >= 4 is 23.1 Å². The van der Waals surface area contributed by atoms with Crippen LogP contribution >= 0.6 is 0 Å². The first kappa shape index (κ1) is 14.8. The van der Waals surface area contributed by atoms with Gasteiger partial charge in [-0.1, -0.05) is 23.4 Å². The van der Waals surface area contributed by atoms with Crippen molar-refractivity contribution in [3.8, 4) is 0 Å². The van der Waals surface area contributed by atoms with Crippen molar-refractivity contribution in [2.75, 3.05) is 10.6 Å². The highest BCUT2D eigenvalue weighted by atomic mass is 16.5. The third-order valence-electron chi connectivity index (χ3n) is 3.29. The second-order valence-electron chi connectivity index (χ2n) is 5.15. The van der Waals surface area contributed by atoms with Gasteiger partial charge in [0.2, 0.25) is 0 Å². The number of benzene rings is 1. The highest BCUT2D eigenvalue weighted by Gasteiger charge is 2.10. The van der Waals surface area contributed by atoms with Crippen LogP contribution in [-0.4, -0.2) is 16.0 Å². The maximum Gasteiger partial charge on any atom is 0.275 e. The molecule has 6 heteroatoms. The van der Waals surface area contributed by atoms with E-state index in [1.807, 2.05) is 37.3 Å². The molecule has 0 atom stereocenters. The molecule has 0 aliphatic rings. The first-order valence-corrected chi connectivity index (χ1v) is 7.15. The molecule has 0 fully saturated rings. The summed E-state index contributed by atoms with van der Waals surface area (Å²) in [5, 5.41) is 9.62. The molecule has 2 heterocycles. The highest BCUT2D eigenvalue weighted by molar-refractivity contribution is 6.02. The number of pyridine rings is 1. The van der Waals surface area contributed by atoms with Gasteiger partial charge in [-0.2, -0.15) is 0 Å². The summed E-state index contributed by atoms with van der Waals surface area (Å²) in [6.45, 7) is 3.78. The molecular formula is C17H16N4O2. The number of amides is 1. The second-order valence-corrected chi connectivity index (χ2v) is 5.15. The summed E-state index contributed by atoms with van der Waals surface area (Å²) in [4.78, 5) is 16.2. The Bertz CT molecular complexity index is 825. The smallest absolute Gasteiger partial charge is 0.275 e. The van der Waals surface area contributed by atoms with Crippen molar-refractivity contribution in [1.82, 2.24) is 10.1 Å². The molecule has 1 aromatic carbocycles. The van der Waals surface area contributed by atoms with E-state index in [0.717, 1.165) is 16.9 Å². The molecule has 2 aromatic heterocycles. The number of hydrogen-bond acceptors (Lipinski definition) is 5. The van der Waals surface area contributed by atoms with Gasteiger partial charge < -0.3 is 15.2 Å². The third kappa shape index (κ3) is 3.55. The summed E-state index contributed by atoms with van der Waals surface area (Å²) in [5.74, 6) is 0.670. The van der Waals surface area contributed by atoms with Crippen LogP contribution in [0.1, 0.15) is 21.8 Å². The van der Waals surface area contributed by atoms with Crippen LogP contribution in [0.15, 0.2) is 53.2 Å². The lowest BCUT2D eigenvalue weighted by Gasteiger charge is -2.09. The topological polar surface area (TPSA) is 80.0 Å². The molecule has 0 unspecified atom stereocenters. The minimum Gasteiger partial charge on any atom is -0.360 e. The fourth-order valence-corrected chi connectivity index (χ4v) is 2.08. The van der Waals surface area contributed by atoms with E-state index in [2.05, 4.69) is 20.8 Å². The van der Waals surface area contributed by atoms with Gasteiger partial charge in [-0.15, -0.1) is 0 Å². The van der Waals surface area contributed by atoms with Crippen LogP contribution in [0.2, 0.25) is 0 Å².